The van der Waals surface area contributed by atoms with Crippen LogP contribution in [-0.4, -0.2) is 41.6 Å². The molecule has 0 radical (unpaired) electrons. The third-order valence-electron chi connectivity index (χ3n) is 5.60. The highest BCUT2D eigenvalue weighted by Crippen LogP contribution is 2.20. The molecule has 1 atom stereocenters. The number of amides is 3. The zero-order chi connectivity index (χ0) is 17.6. The summed E-state index contributed by atoms with van der Waals surface area (Å²) in [5, 5.41) is 9.53. The summed E-state index contributed by atoms with van der Waals surface area (Å²) in [5.41, 5.74) is 0.849. The van der Waals surface area contributed by atoms with E-state index in [2.05, 4.69) is 16.0 Å². The molecule has 0 saturated heterocycles. The molecule has 0 bridgehead atoms. The number of carbonyl (C=O) groups excluding carboxylic acids is 2. The van der Waals surface area contributed by atoms with Crippen molar-refractivity contribution in [2.75, 3.05) is 6.54 Å². The Balaban J connectivity index is 1.59. The largest absolute Gasteiger partial charge is 0.352 e. The molecule has 1 unspecified atom stereocenters. The highest BCUT2D eigenvalue weighted by molar-refractivity contribution is 5.85. The third kappa shape index (κ3) is 5.21. The van der Waals surface area contributed by atoms with Crippen LogP contribution in [0.4, 0.5) is 4.79 Å². The van der Waals surface area contributed by atoms with Crippen molar-refractivity contribution in [3.8, 4) is 0 Å². The summed E-state index contributed by atoms with van der Waals surface area (Å²) < 4.78 is 0. The lowest BCUT2D eigenvalue weighted by Gasteiger charge is -2.37. The van der Waals surface area contributed by atoms with Crippen molar-refractivity contribution in [3.63, 3.8) is 0 Å². The predicted molar refractivity (Wildman–Crippen MR) is 97.8 cm³/mol. The Morgan fingerprint density at radius 3 is 2.32 bits per heavy atom. The standard InChI is InChI=1S/C19H32N4O2/c1-14-12-17(21-15-8-4-2-5-9-15)23(19(25)20-14)13-18(24)22-16-10-6-3-7-11-16/h12,15-17,21H,2-11,13H2,1H3,(H,20,25)(H,22,24). The monoisotopic (exact) mass is 348 g/mol. The van der Waals surface area contributed by atoms with Gasteiger partial charge >= 0.3 is 6.03 Å². The Morgan fingerprint density at radius 1 is 1.08 bits per heavy atom. The van der Waals surface area contributed by atoms with Gasteiger partial charge in [-0.1, -0.05) is 38.5 Å². The molecule has 0 aromatic carbocycles. The second-order valence-corrected chi connectivity index (χ2v) is 7.76. The van der Waals surface area contributed by atoms with Crippen LogP contribution in [0.15, 0.2) is 11.8 Å². The molecule has 0 spiro atoms. The van der Waals surface area contributed by atoms with Crippen LogP contribution in [0, 0.1) is 0 Å². The summed E-state index contributed by atoms with van der Waals surface area (Å²) in [7, 11) is 0. The van der Waals surface area contributed by atoms with Gasteiger partial charge in [0.2, 0.25) is 5.91 Å². The van der Waals surface area contributed by atoms with Crippen molar-refractivity contribution in [1.82, 2.24) is 20.9 Å². The van der Waals surface area contributed by atoms with Crippen LogP contribution in [0.1, 0.15) is 71.1 Å². The van der Waals surface area contributed by atoms with E-state index in [0.717, 1.165) is 31.4 Å². The molecule has 2 aliphatic carbocycles. The lowest BCUT2D eigenvalue weighted by atomic mass is 9.95. The van der Waals surface area contributed by atoms with Crippen molar-refractivity contribution < 1.29 is 9.59 Å². The summed E-state index contributed by atoms with van der Waals surface area (Å²) in [6, 6.07) is 0.515. The Bertz CT molecular complexity index is 508. The van der Waals surface area contributed by atoms with Crippen LogP contribution in [0.5, 0.6) is 0 Å². The SMILES string of the molecule is CC1=CC(NC2CCCCC2)N(CC(=O)NC2CCCCC2)C(=O)N1. The van der Waals surface area contributed by atoms with Crippen molar-refractivity contribution >= 4 is 11.9 Å². The lowest BCUT2D eigenvalue weighted by molar-refractivity contribution is -0.123. The van der Waals surface area contributed by atoms with Gasteiger partial charge in [0.1, 0.15) is 12.7 Å². The highest BCUT2D eigenvalue weighted by Gasteiger charge is 2.31. The topological polar surface area (TPSA) is 73.5 Å². The Kier molecular flexibility index (Phi) is 6.34. The first kappa shape index (κ1) is 18.2. The molecular weight excluding hydrogens is 316 g/mol. The molecule has 2 fully saturated rings. The molecule has 1 aliphatic heterocycles. The van der Waals surface area contributed by atoms with E-state index in [4.69, 9.17) is 0 Å². The number of urea groups is 1. The van der Waals surface area contributed by atoms with Crippen LogP contribution in [0.2, 0.25) is 0 Å². The average Bonchev–Trinajstić information content (AvgIpc) is 2.60. The lowest BCUT2D eigenvalue weighted by Crippen LogP contribution is -2.59. The van der Waals surface area contributed by atoms with Gasteiger partial charge in [-0.05, 0) is 38.7 Å². The van der Waals surface area contributed by atoms with Crippen LogP contribution >= 0.6 is 0 Å². The van der Waals surface area contributed by atoms with E-state index in [1.807, 2.05) is 13.0 Å². The minimum absolute atomic E-state index is 0.0505. The summed E-state index contributed by atoms with van der Waals surface area (Å²) in [6.45, 7) is 2.00. The van der Waals surface area contributed by atoms with Crippen molar-refractivity contribution in [2.24, 2.45) is 0 Å². The quantitative estimate of drug-likeness (QED) is 0.715. The minimum Gasteiger partial charge on any atom is -0.352 e. The van der Waals surface area contributed by atoms with Gasteiger partial charge < -0.3 is 10.6 Å². The van der Waals surface area contributed by atoms with Gasteiger partial charge in [-0.25, -0.2) is 4.79 Å². The average molecular weight is 348 g/mol. The van der Waals surface area contributed by atoms with Crippen LogP contribution in [0.25, 0.3) is 0 Å². The van der Waals surface area contributed by atoms with Gasteiger partial charge in [0.05, 0.1) is 0 Å². The zero-order valence-electron chi connectivity index (χ0n) is 15.4. The second kappa shape index (κ2) is 8.70. The summed E-state index contributed by atoms with van der Waals surface area (Å²) in [6.07, 6.45) is 13.6. The van der Waals surface area contributed by atoms with E-state index in [9.17, 15) is 9.59 Å². The maximum absolute atomic E-state index is 12.5. The van der Waals surface area contributed by atoms with E-state index >= 15 is 0 Å². The Labute approximate surface area is 150 Å². The number of rotatable bonds is 5. The van der Waals surface area contributed by atoms with Gasteiger partial charge in [-0.2, -0.15) is 0 Å². The Hall–Kier alpha value is -1.56. The molecule has 25 heavy (non-hydrogen) atoms. The second-order valence-electron chi connectivity index (χ2n) is 7.76. The van der Waals surface area contributed by atoms with Crippen molar-refractivity contribution in [3.05, 3.63) is 11.8 Å². The van der Waals surface area contributed by atoms with Gasteiger partial charge in [-0.15, -0.1) is 0 Å². The smallest absolute Gasteiger partial charge is 0.323 e. The number of hydrogen-bond donors (Lipinski definition) is 3. The first-order chi connectivity index (χ1) is 12.1. The number of allylic oxidation sites excluding steroid dienone is 1. The first-order valence-electron chi connectivity index (χ1n) is 9.93. The number of carbonyl (C=O) groups is 2. The molecular formula is C19H32N4O2. The minimum atomic E-state index is -0.200. The fraction of sp³-hybridized carbons (Fsp3) is 0.789. The summed E-state index contributed by atoms with van der Waals surface area (Å²) in [5.74, 6) is -0.0505. The highest BCUT2D eigenvalue weighted by atomic mass is 16.2. The molecule has 3 amide bonds. The first-order valence-corrected chi connectivity index (χ1v) is 9.93. The van der Waals surface area contributed by atoms with E-state index in [1.165, 1.54) is 38.5 Å². The van der Waals surface area contributed by atoms with Gasteiger partial charge in [-0.3, -0.25) is 15.0 Å². The van der Waals surface area contributed by atoms with Crippen molar-refractivity contribution in [2.45, 2.75) is 89.4 Å². The maximum atomic E-state index is 12.5. The molecule has 0 aromatic rings. The van der Waals surface area contributed by atoms with Crippen molar-refractivity contribution in [1.29, 1.82) is 0 Å². The van der Waals surface area contributed by atoms with Gasteiger partial charge in [0.15, 0.2) is 0 Å². The number of nitrogens with one attached hydrogen (secondary N) is 3. The molecule has 6 heteroatoms. The van der Waals surface area contributed by atoms with E-state index in [0.29, 0.717) is 6.04 Å². The molecule has 3 rings (SSSR count). The molecule has 3 aliphatic rings. The van der Waals surface area contributed by atoms with E-state index < -0.39 is 0 Å². The molecule has 0 aromatic heterocycles. The normalized spacial score (nSPS) is 26.1. The fourth-order valence-corrected chi connectivity index (χ4v) is 4.23. The summed E-state index contributed by atoms with van der Waals surface area (Å²) >= 11 is 0. The van der Waals surface area contributed by atoms with Gasteiger partial charge in [0.25, 0.3) is 0 Å². The number of nitrogens with zero attached hydrogens (tertiary/aromatic N) is 1. The molecule has 6 nitrogen and oxygen atoms in total. The van der Waals surface area contributed by atoms with Gasteiger partial charge in [0, 0.05) is 17.8 Å². The number of hydrogen-bond acceptors (Lipinski definition) is 3. The summed E-state index contributed by atoms with van der Waals surface area (Å²) in [4.78, 5) is 26.5. The van der Waals surface area contributed by atoms with Crippen LogP contribution < -0.4 is 16.0 Å². The van der Waals surface area contributed by atoms with E-state index in [-0.39, 0.29) is 30.7 Å². The van der Waals surface area contributed by atoms with E-state index in [1.54, 1.807) is 4.90 Å². The molecule has 2 saturated carbocycles. The van der Waals surface area contributed by atoms with Crippen LogP contribution in [-0.2, 0) is 4.79 Å². The predicted octanol–water partition coefficient (Wildman–Crippen LogP) is 2.61. The van der Waals surface area contributed by atoms with Crippen LogP contribution in [0.3, 0.4) is 0 Å². The molecule has 3 N–H and O–H groups in total. The Morgan fingerprint density at radius 2 is 1.68 bits per heavy atom. The zero-order valence-corrected chi connectivity index (χ0v) is 15.4. The third-order valence-corrected chi connectivity index (χ3v) is 5.60. The molecule has 1 heterocycles. The fourth-order valence-electron chi connectivity index (χ4n) is 4.23. The molecule has 140 valence electrons. The maximum Gasteiger partial charge on any atom is 0.323 e.